The minimum Gasteiger partial charge on any atom is -0.497 e. The molecule has 3 N–H and O–H groups in total. The molecule has 5 nitrogen and oxygen atoms in total. The molecule has 0 spiro atoms. The zero-order valence-corrected chi connectivity index (χ0v) is 11.1. The van der Waals surface area contributed by atoms with Gasteiger partial charge in [-0.15, -0.1) is 0 Å². The average Bonchev–Trinajstić information content (AvgIpc) is 2.38. The Labute approximate surface area is 112 Å². The van der Waals surface area contributed by atoms with Gasteiger partial charge in [0.25, 0.3) is 0 Å². The van der Waals surface area contributed by atoms with Crippen LogP contribution in [-0.4, -0.2) is 36.2 Å². The van der Waals surface area contributed by atoms with E-state index < -0.39 is 7.12 Å². The molecule has 1 heterocycles. The van der Waals surface area contributed by atoms with Crippen LogP contribution in [0.3, 0.4) is 0 Å². The van der Waals surface area contributed by atoms with Gasteiger partial charge in [-0.3, -0.25) is 4.79 Å². The number of rotatable bonds is 3. The molecule has 0 unspecified atom stereocenters. The van der Waals surface area contributed by atoms with Crippen molar-refractivity contribution in [2.75, 3.05) is 7.11 Å². The lowest BCUT2D eigenvalue weighted by molar-refractivity contribution is -0.123. The molecular weight excluding hydrogens is 245 g/mol. The van der Waals surface area contributed by atoms with Crippen molar-refractivity contribution in [3.05, 3.63) is 23.8 Å². The molecule has 0 bridgehead atoms. The molecule has 2 atom stereocenters. The second-order valence-corrected chi connectivity index (χ2v) is 4.88. The minimum atomic E-state index is -1.57. The first-order valence-corrected chi connectivity index (χ1v) is 6.36. The lowest BCUT2D eigenvalue weighted by atomic mass is 9.76. The molecular formula is C13H18BNO4. The second-order valence-electron chi connectivity index (χ2n) is 4.88. The van der Waals surface area contributed by atoms with Crippen molar-refractivity contribution < 1.29 is 19.6 Å². The van der Waals surface area contributed by atoms with Crippen LogP contribution in [0, 0.1) is 0 Å². The Bertz CT molecular complexity index is 478. The van der Waals surface area contributed by atoms with Crippen LogP contribution in [-0.2, 0) is 4.79 Å². The van der Waals surface area contributed by atoms with Gasteiger partial charge in [-0.25, -0.2) is 0 Å². The Morgan fingerprint density at radius 2 is 2.16 bits per heavy atom. The highest BCUT2D eigenvalue weighted by Gasteiger charge is 2.28. The van der Waals surface area contributed by atoms with E-state index in [1.165, 1.54) is 7.11 Å². The molecule has 2 rings (SSSR count). The van der Waals surface area contributed by atoms with Gasteiger partial charge in [-0.2, -0.15) is 0 Å². The molecule has 0 aromatic heterocycles. The fraction of sp³-hybridized carbons (Fsp3) is 0.462. The predicted molar refractivity (Wildman–Crippen MR) is 72.4 cm³/mol. The molecule has 1 saturated heterocycles. The summed E-state index contributed by atoms with van der Waals surface area (Å²) in [7, 11) is -0.0759. The summed E-state index contributed by atoms with van der Waals surface area (Å²) >= 11 is 0. The third-order valence-corrected chi connectivity index (χ3v) is 3.63. The van der Waals surface area contributed by atoms with Crippen molar-refractivity contribution in [3.8, 4) is 5.75 Å². The van der Waals surface area contributed by atoms with Crippen LogP contribution in [0.4, 0.5) is 0 Å². The number of amides is 1. The van der Waals surface area contributed by atoms with Crippen LogP contribution in [0.2, 0.25) is 0 Å². The average molecular weight is 263 g/mol. The lowest BCUT2D eigenvalue weighted by Gasteiger charge is -2.30. The van der Waals surface area contributed by atoms with E-state index in [2.05, 4.69) is 5.32 Å². The number of carbonyl (C=O) groups is 1. The van der Waals surface area contributed by atoms with Gasteiger partial charge in [-0.05, 0) is 25.0 Å². The summed E-state index contributed by atoms with van der Waals surface area (Å²) in [6, 6.07) is 5.41. The third kappa shape index (κ3) is 2.90. The summed E-state index contributed by atoms with van der Waals surface area (Å²) in [6.07, 6.45) is 1.26. The zero-order chi connectivity index (χ0) is 14.0. The first-order chi connectivity index (χ1) is 9.02. The van der Waals surface area contributed by atoms with Gasteiger partial charge in [-0.1, -0.05) is 12.1 Å². The third-order valence-electron chi connectivity index (χ3n) is 3.63. The van der Waals surface area contributed by atoms with Crippen molar-refractivity contribution in [1.82, 2.24) is 5.32 Å². The van der Waals surface area contributed by atoms with Crippen molar-refractivity contribution in [1.29, 1.82) is 0 Å². The van der Waals surface area contributed by atoms with Gasteiger partial charge >= 0.3 is 7.12 Å². The number of nitrogens with one attached hydrogen (secondary N) is 1. The lowest BCUT2D eigenvalue weighted by Crippen LogP contribution is -2.42. The molecule has 19 heavy (non-hydrogen) atoms. The van der Waals surface area contributed by atoms with E-state index in [1.807, 2.05) is 13.0 Å². The van der Waals surface area contributed by atoms with Crippen molar-refractivity contribution >= 4 is 18.5 Å². The smallest absolute Gasteiger partial charge is 0.492 e. The van der Waals surface area contributed by atoms with Gasteiger partial charge < -0.3 is 20.1 Å². The Morgan fingerprint density at radius 3 is 2.74 bits per heavy atom. The zero-order valence-electron chi connectivity index (χ0n) is 11.1. The summed E-state index contributed by atoms with van der Waals surface area (Å²) in [6.45, 7) is 1.96. The van der Waals surface area contributed by atoms with Crippen LogP contribution in [0.25, 0.3) is 0 Å². The molecule has 1 fully saturated rings. The van der Waals surface area contributed by atoms with Gasteiger partial charge in [0.15, 0.2) is 0 Å². The molecule has 1 aromatic rings. The van der Waals surface area contributed by atoms with Gasteiger partial charge in [0.1, 0.15) is 5.75 Å². The van der Waals surface area contributed by atoms with Gasteiger partial charge in [0.05, 0.1) is 7.11 Å². The standard InChI is InChI=1S/C13H18BNO4/c1-8-10(4-6-13(16)15-8)9-3-5-12(19-2)11(7-9)14(17)18/h3,5,7-8,10,17-18H,4,6H2,1-2H3,(H,15,16)/t8-,10+/m1/s1. The SMILES string of the molecule is COc1ccc([C@H]2CCC(=O)N[C@@H]2C)cc1B(O)O. The maximum Gasteiger partial charge on any atom is 0.492 e. The fourth-order valence-electron chi connectivity index (χ4n) is 2.60. The van der Waals surface area contributed by atoms with Crippen LogP contribution in [0.1, 0.15) is 31.2 Å². The second kappa shape index (κ2) is 5.63. The molecule has 1 aliphatic rings. The Balaban J connectivity index is 2.30. The summed E-state index contributed by atoms with van der Waals surface area (Å²) in [4.78, 5) is 11.3. The van der Waals surface area contributed by atoms with Crippen molar-refractivity contribution in [2.45, 2.75) is 31.7 Å². The molecule has 6 heteroatoms. The highest BCUT2D eigenvalue weighted by Crippen LogP contribution is 2.28. The monoisotopic (exact) mass is 263 g/mol. The predicted octanol–water partition coefficient (Wildman–Crippen LogP) is -0.243. The number of hydrogen-bond acceptors (Lipinski definition) is 4. The first kappa shape index (κ1) is 13.9. The number of methoxy groups -OCH3 is 1. The number of benzene rings is 1. The highest BCUT2D eigenvalue weighted by molar-refractivity contribution is 6.59. The topological polar surface area (TPSA) is 78.8 Å². The van der Waals surface area contributed by atoms with Crippen LogP contribution in [0.5, 0.6) is 5.75 Å². The maximum absolute atomic E-state index is 11.3. The molecule has 0 saturated carbocycles. The molecule has 1 aliphatic heterocycles. The summed E-state index contributed by atoms with van der Waals surface area (Å²) in [5.74, 6) is 0.701. The van der Waals surface area contributed by atoms with Crippen LogP contribution in [0.15, 0.2) is 18.2 Å². The Hall–Kier alpha value is -1.53. The summed E-state index contributed by atoms with van der Waals surface area (Å²) < 4.78 is 5.10. The molecule has 0 radical (unpaired) electrons. The van der Waals surface area contributed by atoms with E-state index in [0.29, 0.717) is 17.6 Å². The van der Waals surface area contributed by atoms with E-state index in [4.69, 9.17) is 4.74 Å². The largest absolute Gasteiger partial charge is 0.497 e. The summed E-state index contributed by atoms with van der Waals surface area (Å²) in [5, 5.41) is 21.7. The van der Waals surface area contributed by atoms with E-state index >= 15 is 0 Å². The first-order valence-electron chi connectivity index (χ1n) is 6.36. The van der Waals surface area contributed by atoms with Crippen LogP contribution < -0.4 is 15.5 Å². The van der Waals surface area contributed by atoms with E-state index in [0.717, 1.165) is 12.0 Å². The molecule has 102 valence electrons. The Morgan fingerprint density at radius 1 is 1.42 bits per heavy atom. The van der Waals surface area contributed by atoms with E-state index in [9.17, 15) is 14.8 Å². The van der Waals surface area contributed by atoms with Gasteiger partial charge in [0.2, 0.25) is 5.91 Å². The molecule has 0 aliphatic carbocycles. The highest BCUT2D eigenvalue weighted by atomic mass is 16.5. The number of piperidine rings is 1. The Kier molecular flexibility index (Phi) is 4.12. The molecule has 1 amide bonds. The van der Waals surface area contributed by atoms with Gasteiger partial charge in [0, 0.05) is 23.8 Å². The number of hydrogen-bond donors (Lipinski definition) is 3. The van der Waals surface area contributed by atoms with Crippen molar-refractivity contribution in [3.63, 3.8) is 0 Å². The fourth-order valence-corrected chi connectivity index (χ4v) is 2.60. The quantitative estimate of drug-likeness (QED) is 0.657. The van der Waals surface area contributed by atoms with E-state index in [1.54, 1.807) is 12.1 Å². The summed E-state index contributed by atoms with van der Waals surface area (Å²) in [5.41, 5.74) is 1.33. The van der Waals surface area contributed by atoms with Crippen LogP contribution >= 0.6 is 0 Å². The molecule has 1 aromatic carbocycles. The van der Waals surface area contributed by atoms with E-state index in [-0.39, 0.29) is 17.9 Å². The normalized spacial score (nSPS) is 22.8. The van der Waals surface area contributed by atoms with Crippen molar-refractivity contribution in [2.24, 2.45) is 0 Å². The minimum absolute atomic E-state index is 0.0401. The number of carbonyl (C=O) groups excluding carboxylic acids is 1. The maximum atomic E-state index is 11.3. The number of ether oxygens (including phenoxy) is 1.